The minimum atomic E-state index is -0.596. The number of aryl methyl sites for hydroxylation is 1. The number of carbonyl (C=O) groups excluding carboxylic acids is 1. The van der Waals surface area contributed by atoms with Crippen LogP contribution in [0.25, 0.3) is 22.6 Å². The molecule has 8 nitrogen and oxygen atoms in total. The van der Waals surface area contributed by atoms with E-state index in [0.29, 0.717) is 34.3 Å². The number of nitrogens with one attached hydrogen (secondary N) is 1. The Morgan fingerprint density at radius 3 is 2.59 bits per heavy atom. The minimum absolute atomic E-state index is 0.0262. The van der Waals surface area contributed by atoms with Gasteiger partial charge in [-0.3, -0.25) is 15.1 Å². The highest BCUT2D eigenvalue weighted by atomic mass is 19.1. The number of hydrogen-bond donors (Lipinski definition) is 1. The molecular formula is C20H15FN4O4. The number of amides is 1. The molecular weight excluding hydrogens is 379 g/mol. The second-order valence-corrected chi connectivity index (χ2v) is 5.99. The number of oxazole rings is 2. The van der Waals surface area contributed by atoms with Crippen molar-refractivity contribution in [1.82, 2.24) is 15.0 Å². The molecule has 0 spiro atoms. The van der Waals surface area contributed by atoms with Gasteiger partial charge in [-0.2, -0.15) is 4.98 Å². The van der Waals surface area contributed by atoms with Crippen molar-refractivity contribution in [2.24, 2.45) is 0 Å². The molecule has 0 bridgehead atoms. The molecule has 0 radical (unpaired) electrons. The summed E-state index contributed by atoms with van der Waals surface area (Å²) in [5.41, 5.74) is 1.83. The Kier molecular flexibility index (Phi) is 4.78. The van der Waals surface area contributed by atoms with Crippen LogP contribution in [0.1, 0.15) is 16.4 Å². The molecule has 0 aliphatic rings. The van der Waals surface area contributed by atoms with Gasteiger partial charge in [0.05, 0.1) is 19.0 Å². The van der Waals surface area contributed by atoms with Gasteiger partial charge in [0.25, 0.3) is 5.91 Å². The van der Waals surface area contributed by atoms with Crippen LogP contribution in [0, 0.1) is 12.7 Å². The van der Waals surface area contributed by atoms with Gasteiger partial charge in [0.2, 0.25) is 5.76 Å². The van der Waals surface area contributed by atoms with E-state index in [1.54, 1.807) is 32.4 Å². The average molecular weight is 394 g/mol. The topological polar surface area (TPSA) is 103 Å². The molecule has 4 aromatic rings. The Hall–Kier alpha value is -4.01. The number of anilines is 1. The van der Waals surface area contributed by atoms with Crippen molar-refractivity contribution in [3.05, 3.63) is 66.3 Å². The normalized spacial score (nSPS) is 10.7. The summed E-state index contributed by atoms with van der Waals surface area (Å²) < 4.78 is 29.0. The number of benzene rings is 1. The van der Waals surface area contributed by atoms with Crippen LogP contribution in [0.5, 0.6) is 5.75 Å². The third-order valence-corrected chi connectivity index (χ3v) is 4.02. The molecule has 0 atom stereocenters. The highest BCUT2D eigenvalue weighted by Gasteiger charge is 2.22. The van der Waals surface area contributed by atoms with Gasteiger partial charge in [-0.05, 0) is 36.4 Å². The SMILES string of the molecule is COc1ccc(-c2coc(NC(=O)c3oc(C)nc3-c3ccc(F)cc3)n2)nc1. The lowest BCUT2D eigenvalue weighted by atomic mass is 10.1. The Morgan fingerprint density at radius 2 is 1.90 bits per heavy atom. The molecule has 4 rings (SSSR count). The van der Waals surface area contributed by atoms with Gasteiger partial charge >= 0.3 is 6.01 Å². The molecule has 0 unspecified atom stereocenters. The fraction of sp³-hybridized carbons (Fsp3) is 0.100. The Morgan fingerprint density at radius 1 is 1.10 bits per heavy atom. The first-order valence-corrected chi connectivity index (χ1v) is 8.54. The van der Waals surface area contributed by atoms with Crippen LogP contribution in [0.2, 0.25) is 0 Å². The summed E-state index contributed by atoms with van der Waals surface area (Å²) in [5, 5.41) is 2.53. The van der Waals surface area contributed by atoms with E-state index in [4.69, 9.17) is 13.6 Å². The molecule has 0 aliphatic carbocycles. The lowest BCUT2D eigenvalue weighted by Gasteiger charge is -2.01. The molecule has 1 amide bonds. The first-order valence-electron chi connectivity index (χ1n) is 8.54. The van der Waals surface area contributed by atoms with Crippen LogP contribution in [-0.2, 0) is 0 Å². The van der Waals surface area contributed by atoms with E-state index >= 15 is 0 Å². The molecule has 29 heavy (non-hydrogen) atoms. The Bertz CT molecular complexity index is 1150. The summed E-state index contributed by atoms with van der Waals surface area (Å²) in [6.45, 7) is 1.61. The quantitative estimate of drug-likeness (QED) is 0.543. The standard InChI is InChI=1S/C20H15FN4O4/c1-11-23-17(12-3-5-13(21)6-4-12)18(29-11)19(26)25-20-24-16(10-28-20)15-8-7-14(27-2)9-22-15/h3-10H,1-2H3,(H,24,25,26). The lowest BCUT2D eigenvalue weighted by molar-refractivity contribution is 0.0993. The molecule has 0 saturated carbocycles. The number of pyridine rings is 1. The van der Waals surface area contributed by atoms with Crippen LogP contribution in [0.3, 0.4) is 0 Å². The third-order valence-electron chi connectivity index (χ3n) is 4.02. The molecule has 146 valence electrons. The Labute approximate surface area is 164 Å². The van der Waals surface area contributed by atoms with E-state index in [9.17, 15) is 9.18 Å². The number of nitrogens with zero attached hydrogens (tertiary/aromatic N) is 3. The number of carbonyl (C=O) groups is 1. The van der Waals surface area contributed by atoms with E-state index in [1.165, 1.54) is 30.5 Å². The summed E-state index contributed by atoms with van der Waals surface area (Å²) in [6, 6.07) is 9.02. The monoisotopic (exact) mass is 394 g/mol. The molecule has 9 heteroatoms. The van der Waals surface area contributed by atoms with E-state index in [2.05, 4.69) is 20.3 Å². The van der Waals surface area contributed by atoms with Crippen LogP contribution in [-0.4, -0.2) is 28.0 Å². The molecule has 0 saturated heterocycles. The molecule has 1 aromatic carbocycles. The minimum Gasteiger partial charge on any atom is -0.495 e. The van der Waals surface area contributed by atoms with Gasteiger partial charge in [-0.15, -0.1) is 0 Å². The fourth-order valence-electron chi connectivity index (χ4n) is 2.64. The number of halogens is 1. The van der Waals surface area contributed by atoms with Gasteiger partial charge in [-0.25, -0.2) is 9.37 Å². The first-order chi connectivity index (χ1) is 14.0. The Balaban J connectivity index is 1.56. The zero-order chi connectivity index (χ0) is 20.4. The van der Waals surface area contributed by atoms with Gasteiger partial charge in [0.1, 0.15) is 29.2 Å². The summed E-state index contributed by atoms with van der Waals surface area (Å²) in [7, 11) is 1.55. The predicted octanol–water partition coefficient (Wildman–Crippen LogP) is 4.10. The number of ether oxygens (including phenoxy) is 1. The maximum absolute atomic E-state index is 13.2. The van der Waals surface area contributed by atoms with Crippen molar-refractivity contribution in [3.63, 3.8) is 0 Å². The molecule has 0 aliphatic heterocycles. The number of rotatable bonds is 5. The lowest BCUT2D eigenvalue weighted by Crippen LogP contribution is -2.12. The van der Waals surface area contributed by atoms with Crippen molar-refractivity contribution >= 4 is 11.9 Å². The van der Waals surface area contributed by atoms with Gasteiger partial charge < -0.3 is 13.6 Å². The molecule has 3 aromatic heterocycles. The summed E-state index contributed by atoms with van der Waals surface area (Å²) in [4.78, 5) is 25.3. The van der Waals surface area contributed by atoms with E-state index < -0.39 is 5.91 Å². The number of aromatic nitrogens is 3. The van der Waals surface area contributed by atoms with Crippen LogP contribution >= 0.6 is 0 Å². The fourth-order valence-corrected chi connectivity index (χ4v) is 2.64. The second kappa shape index (κ2) is 7.55. The zero-order valence-corrected chi connectivity index (χ0v) is 15.5. The van der Waals surface area contributed by atoms with Gasteiger partial charge in [0, 0.05) is 12.5 Å². The van der Waals surface area contributed by atoms with Gasteiger partial charge in [-0.1, -0.05) is 0 Å². The summed E-state index contributed by atoms with van der Waals surface area (Å²) >= 11 is 0. The van der Waals surface area contributed by atoms with Crippen molar-refractivity contribution in [2.45, 2.75) is 6.92 Å². The molecule has 3 heterocycles. The van der Waals surface area contributed by atoms with E-state index in [1.807, 2.05) is 0 Å². The molecule has 1 N–H and O–H groups in total. The van der Waals surface area contributed by atoms with Crippen molar-refractivity contribution in [2.75, 3.05) is 12.4 Å². The highest BCUT2D eigenvalue weighted by Crippen LogP contribution is 2.26. The van der Waals surface area contributed by atoms with E-state index in [-0.39, 0.29) is 17.6 Å². The van der Waals surface area contributed by atoms with Crippen molar-refractivity contribution < 1.29 is 22.8 Å². The smallest absolute Gasteiger partial charge is 0.302 e. The van der Waals surface area contributed by atoms with Crippen molar-refractivity contribution in [3.8, 4) is 28.4 Å². The van der Waals surface area contributed by atoms with Crippen LogP contribution in [0.4, 0.5) is 10.4 Å². The largest absolute Gasteiger partial charge is 0.495 e. The average Bonchev–Trinajstić information content (AvgIpc) is 3.35. The summed E-state index contributed by atoms with van der Waals surface area (Å²) in [6.07, 6.45) is 2.92. The number of methoxy groups -OCH3 is 1. The molecule has 0 fully saturated rings. The maximum atomic E-state index is 13.2. The number of hydrogen-bond acceptors (Lipinski definition) is 7. The first kappa shape index (κ1) is 18.4. The van der Waals surface area contributed by atoms with Crippen molar-refractivity contribution in [1.29, 1.82) is 0 Å². The van der Waals surface area contributed by atoms with Crippen LogP contribution in [0.15, 0.2) is 57.7 Å². The second-order valence-electron chi connectivity index (χ2n) is 5.99. The van der Waals surface area contributed by atoms with Crippen LogP contribution < -0.4 is 10.1 Å². The zero-order valence-electron chi connectivity index (χ0n) is 15.5. The predicted molar refractivity (Wildman–Crippen MR) is 101 cm³/mol. The highest BCUT2D eigenvalue weighted by molar-refractivity contribution is 6.05. The third kappa shape index (κ3) is 3.84. The summed E-state index contributed by atoms with van der Waals surface area (Å²) in [5.74, 6) is -0.110. The maximum Gasteiger partial charge on any atom is 0.302 e. The van der Waals surface area contributed by atoms with E-state index in [0.717, 1.165) is 0 Å². The van der Waals surface area contributed by atoms with Gasteiger partial charge in [0.15, 0.2) is 5.89 Å².